The van der Waals surface area contributed by atoms with Crippen LogP contribution in [0, 0.1) is 0 Å². The molecule has 17 heavy (non-hydrogen) atoms. The van der Waals surface area contributed by atoms with E-state index in [1.165, 1.54) is 7.11 Å². The molecule has 0 aromatic carbocycles. The Morgan fingerprint density at radius 2 is 2.35 bits per heavy atom. The molecular weight excluding hydrogens is 224 g/mol. The zero-order valence-electron chi connectivity index (χ0n) is 9.43. The number of amides is 1. The maximum Gasteiger partial charge on any atom is 0.322 e. The van der Waals surface area contributed by atoms with Crippen LogP contribution in [0.15, 0.2) is 0 Å². The van der Waals surface area contributed by atoms with E-state index >= 15 is 0 Å². The molecule has 1 saturated heterocycles. The lowest BCUT2D eigenvalue weighted by molar-refractivity contribution is -0.119. The van der Waals surface area contributed by atoms with Gasteiger partial charge in [-0.3, -0.25) is 4.79 Å². The molecule has 1 aromatic heterocycles. The maximum atomic E-state index is 11.0. The molecule has 8 nitrogen and oxygen atoms in total. The van der Waals surface area contributed by atoms with E-state index in [1.54, 1.807) is 0 Å². The molecule has 2 heterocycles. The number of nitrogens with one attached hydrogen (secondary N) is 2. The number of hydrogen-bond donors (Lipinski definition) is 3. The lowest BCUT2D eigenvalue weighted by Crippen LogP contribution is -2.32. The Balaban J connectivity index is 1.94. The van der Waals surface area contributed by atoms with Crippen molar-refractivity contribution >= 4 is 17.8 Å². The van der Waals surface area contributed by atoms with Crippen LogP contribution in [0.1, 0.15) is 12.8 Å². The number of carbonyl (C=O) groups is 1. The summed E-state index contributed by atoms with van der Waals surface area (Å²) in [5.74, 6) is 0.509. The summed E-state index contributed by atoms with van der Waals surface area (Å²) < 4.78 is 4.87. The van der Waals surface area contributed by atoms with Gasteiger partial charge in [-0.2, -0.15) is 15.0 Å². The van der Waals surface area contributed by atoms with Crippen LogP contribution in [-0.2, 0) is 4.79 Å². The third-order valence-electron chi connectivity index (χ3n) is 2.41. The number of nitrogen functional groups attached to an aromatic ring is 1. The van der Waals surface area contributed by atoms with Gasteiger partial charge in [-0.25, -0.2) is 0 Å². The molecular formula is C9H14N6O2. The van der Waals surface area contributed by atoms with Crippen molar-refractivity contribution in [1.82, 2.24) is 20.3 Å². The first-order valence-corrected chi connectivity index (χ1v) is 5.26. The molecule has 8 heteroatoms. The molecule has 1 atom stereocenters. The van der Waals surface area contributed by atoms with Gasteiger partial charge < -0.3 is 21.1 Å². The summed E-state index contributed by atoms with van der Waals surface area (Å²) in [7, 11) is 1.45. The number of hydrogen-bond acceptors (Lipinski definition) is 7. The monoisotopic (exact) mass is 238 g/mol. The number of rotatable bonds is 4. The predicted octanol–water partition coefficient (Wildman–Crippen LogP) is -0.847. The van der Waals surface area contributed by atoms with Gasteiger partial charge in [-0.1, -0.05) is 0 Å². The average Bonchev–Trinajstić information content (AvgIpc) is 2.72. The molecule has 4 N–H and O–H groups in total. The van der Waals surface area contributed by atoms with Crippen LogP contribution in [0.5, 0.6) is 6.01 Å². The van der Waals surface area contributed by atoms with Gasteiger partial charge in [0.05, 0.1) is 7.11 Å². The molecule has 0 bridgehead atoms. The maximum absolute atomic E-state index is 11.0. The van der Waals surface area contributed by atoms with E-state index in [1.807, 2.05) is 0 Å². The van der Waals surface area contributed by atoms with Crippen LogP contribution in [0.3, 0.4) is 0 Å². The topological polar surface area (TPSA) is 115 Å². The Labute approximate surface area is 98.0 Å². The Bertz CT molecular complexity index is 424. The van der Waals surface area contributed by atoms with Crippen LogP contribution in [0.25, 0.3) is 0 Å². The minimum atomic E-state index is 0.0736. The minimum absolute atomic E-state index is 0.0736. The first kappa shape index (κ1) is 11.4. The molecule has 1 fully saturated rings. The van der Waals surface area contributed by atoms with E-state index in [-0.39, 0.29) is 23.9 Å². The predicted molar refractivity (Wildman–Crippen MR) is 60.4 cm³/mol. The van der Waals surface area contributed by atoms with Crippen molar-refractivity contribution in [2.75, 3.05) is 24.7 Å². The Hall–Kier alpha value is -2.12. The molecule has 0 radical (unpaired) electrons. The fourth-order valence-electron chi connectivity index (χ4n) is 1.59. The van der Waals surface area contributed by atoms with Crippen LogP contribution in [-0.4, -0.2) is 40.6 Å². The smallest absolute Gasteiger partial charge is 0.322 e. The van der Waals surface area contributed by atoms with Gasteiger partial charge in [0.15, 0.2) is 0 Å². The van der Waals surface area contributed by atoms with Crippen LogP contribution in [0.4, 0.5) is 11.9 Å². The third kappa shape index (κ3) is 2.92. The Morgan fingerprint density at radius 1 is 1.53 bits per heavy atom. The quantitative estimate of drug-likeness (QED) is 0.626. The summed E-state index contributed by atoms with van der Waals surface area (Å²) in [4.78, 5) is 22.7. The van der Waals surface area contributed by atoms with Gasteiger partial charge in [0, 0.05) is 19.0 Å². The lowest BCUT2D eigenvalue weighted by Gasteiger charge is -2.11. The zero-order valence-corrected chi connectivity index (χ0v) is 9.43. The summed E-state index contributed by atoms with van der Waals surface area (Å²) in [6, 6.07) is 0.266. The summed E-state index contributed by atoms with van der Waals surface area (Å²) >= 11 is 0. The van der Waals surface area contributed by atoms with Crippen molar-refractivity contribution in [3.8, 4) is 6.01 Å². The Morgan fingerprint density at radius 3 is 3.00 bits per heavy atom. The number of aromatic nitrogens is 3. The third-order valence-corrected chi connectivity index (χ3v) is 2.41. The largest absolute Gasteiger partial charge is 0.467 e. The second-order valence-corrected chi connectivity index (χ2v) is 3.69. The van der Waals surface area contributed by atoms with Crippen molar-refractivity contribution in [1.29, 1.82) is 0 Å². The van der Waals surface area contributed by atoms with E-state index in [9.17, 15) is 4.79 Å². The van der Waals surface area contributed by atoms with Crippen molar-refractivity contribution in [3.63, 3.8) is 0 Å². The van der Waals surface area contributed by atoms with Gasteiger partial charge in [-0.15, -0.1) is 0 Å². The molecule has 0 spiro atoms. The van der Waals surface area contributed by atoms with Gasteiger partial charge in [0.2, 0.25) is 17.8 Å². The van der Waals surface area contributed by atoms with Gasteiger partial charge in [0.1, 0.15) is 0 Å². The highest BCUT2D eigenvalue weighted by Crippen LogP contribution is 2.10. The van der Waals surface area contributed by atoms with Crippen molar-refractivity contribution in [2.24, 2.45) is 0 Å². The molecule has 0 aliphatic carbocycles. The Kier molecular flexibility index (Phi) is 3.22. The van der Waals surface area contributed by atoms with Gasteiger partial charge >= 0.3 is 6.01 Å². The van der Waals surface area contributed by atoms with Crippen LogP contribution < -0.4 is 21.1 Å². The van der Waals surface area contributed by atoms with Crippen LogP contribution in [0.2, 0.25) is 0 Å². The molecule has 92 valence electrons. The summed E-state index contributed by atoms with van der Waals surface area (Å²) in [6.07, 6.45) is 1.37. The number of methoxy groups -OCH3 is 1. The van der Waals surface area contributed by atoms with Crippen molar-refractivity contribution in [3.05, 3.63) is 0 Å². The van der Waals surface area contributed by atoms with Crippen LogP contribution >= 0.6 is 0 Å². The SMILES string of the molecule is COc1nc(N)nc(NCC2CCC(=O)N2)n1. The van der Waals surface area contributed by atoms with E-state index in [0.29, 0.717) is 18.9 Å². The number of carbonyl (C=O) groups excluding carboxylic acids is 1. The molecule has 1 amide bonds. The highest BCUT2D eigenvalue weighted by atomic mass is 16.5. The molecule has 1 unspecified atom stereocenters. The minimum Gasteiger partial charge on any atom is -0.467 e. The second kappa shape index (κ2) is 4.81. The molecule has 0 saturated carbocycles. The molecule has 1 aliphatic heterocycles. The normalized spacial score (nSPS) is 18.9. The van der Waals surface area contributed by atoms with E-state index in [0.717, 1.165) is 6.42 Å². The second-order valence-electron chi connectivity index (χ2n) is 3.69. The average molecular weight is 238 g/mol. The first-order valence-electron chi connectivity index (χ1n) is 5.26. The van der Waals surface area contributed by atoms with E-state index < -0.39 is 0 Å². The number of anilines is 2. The van der Waals surface area contributed by atoms with E-state index in [4.69, 9.17) is 10.5 Å². The summed E-state index contributed by atoms with van der Waals surface area (Å²) in [5.41, 5.74) is 5.49. The molecule has 2 rings (SSSR count). The number of nitrogens with two attached hydrogens (primary N) is 1. The highest BCUT2D eigenvalue weighted by Gasteiger charge is 2.20. The highest BCUT2D eigenvalue weighted by molar-refractivity contribution is 5.78. The van der Waals surface area contributed by atoms with Gasteiger partial charge in [0.25, 0.3) is 0 Å². The number of nitrogens with zero attached hydrogens (tertiary/aromatic N) is 3. The van der Waals surface area contributed by atoms with Crippen molar-refractivity contribution in [2.45, 2.75) is 18.9 Å². The number of ether oxygens (including phenoxy) is 1. The van der Waals surface area contributed by atoms with Gasteiger partial charge in [-0.05, 0) is 6.42 Å². The summed E-state index contributed by atoms with van der Waals surface area (Å²) in [5, 5.41) is 5.82. The molecule has 1 aromatic rings. The standard InChI is InChI=1S/C9H14N6O2/c1-17-9-14-7(10)13-8(15-9)11-4-5-2-3-6(16)12-5/h5H,2-4H2,1H3,(H,12,16)(H3,10,11,13,14,15). The van der Waals surface area contributed by atoms with Crippen molar-refractivity contribution < 1.29 is 9.53 Å². The fourth-order valence-corrected chi connectivity index (χ4v) is 1.59. The first-order chi connectivity index (χ1) is 8.17. The summed E-state index contributed by atoms with van der Waals surface area (Å²) in [6.45, 7) is 0.554. The fraction of sp³-hybridized carbons (Fsp3) is 0.556. The zero-order chi connectivity index (χ0) is 12.3. The molecule has 1 aliphatic rings. The van der Waals surface area contributed by atoms with E-state index in [2.05, 4.69) is 25.6 Å². The lowest BCUT2D eigenvalue weighted by atomic mass is 10.2.